The van der Waals surface area contributed by atoms with E-state index in [0.29, 0.717) is 0 Å². The molecule has 7 heteroatoms. The molecule has 2 N–H and O–H groups in total. The van der Waals surface area contributed by atoms with Crippen molar-refractivity contribution in [3.63, 3.8) is 0 Å². The van der Waals surface area contributed by atoms with Crippen LogP contribution < -0.4 is 10.2 Å². The van der Waals surface area contributed by atoms with Crippen LogP contribution in [0.25, 0.3) is 0 Å². The predicted molar refractivity (Wildman–Crippen MR) is 172 cm³/mol. The summed E-state index contributed by atoms with van der Waals surface area (Å²) in [6.07, 6.45) is 34.0. The van der Waals surface area contributed by atoms with E-state index in [2.05, 4.69) is 38.2 Å². The minimum absolute atomic E-state index is 0. The van der Waals surface area contributed by atoms with Gasteiger partial charge < -0.3 is 30.0 Å². The van der Waals surface area contributed by atoms with Crippen LogP contribution in [0.2, 0.25) is 0 Å². The summed E-state index contributed by atoms with van der Waals surface area (Å²) in [5, 5.41) is 40.0. The SMILES string of the molecule is CCCCCC[C@@H](O)C/C=C\CCCCCCCC(=O)[O-].CCCCCC[C@@H](O)C/C=C\CCCCCCCC(=O)[O-].[Co+2]. The Hall–Kier alpha value is -1.15. The molecule has 0 aromatic heterocycles. The van der Waals surface area contributed by atoms with Crippen molar-refractivity contribution in [2.45, 2.75) is 193 Å². The molecule has 0 aliphatic rings. The van der Waals surface area contributed by atoms with E-state index in [4.69, 9.17) is 0 Å². The number of carboxylic acid groups (broad SMARTS) is 2. The summed E-state index contributed by atoms with van der Waals surface area (Å²) in [4.78, 5) is 20.4. The van der Waals surface area contributed by atoms with Crippen LogP contribution in [0, 0.1) is 0 Å². The number of carboxylic acids is 2. The second kappa shape index (κ2) is 38.9. The van der Waals surface area contributed by atoms with Crippen LogP contribution in [0.1, 0.15) is 181 Å². The van der Waals surface area contributed by atoms with Gasteiger partial charge >= 0.3 is 16.8 Å². The summed E-state index contributed by atoms with van der Waals surface area (Å²) in [6.45, 7) is 4.39. The number of allylic oxidation sites excluding steroid dienone is 2. The molecule has 0 bridgehead atoms. The van der Waals surface area contributed by atoms with E-state index in [1.807, 2.05) is 0 Å². The second-order valence-electron chi connectivity index (χ2n) is 11.8. The Morgan fingerprint density at radius 2 is 0.837 bits per heavy atom. The smallest absolute Gasteiger partial charge is 0.550 e. The summed E-state index contributed by atoms with van der Waals surface area (Å²) >= 11 is 0. The van der Waals surface area contributed by atoms with Gasteiger partial charge in [-0.05, 0) is 77.0 Å². The number of carbonyl (C=O) groups excluding carboxylic acids is 2. The number of hydrogen-bond acceptors (Lipinski definition) is 6. The molecule has 0 aliphatic carbocycles. The molecule has 0 spiro atoms. The first kappa shape index (κ1) is 46.3. The van der Waals surface area contributed by atoms with Crippen molar-refractivity contribution in [1.82, 2.24) is 0 Å². The third-order valence-electron chi connectivity index (χ3n) is 7.43. The van der Waals surface area contributed by atoms with Crippen molar-refractivity contribution in [2.75, 3.05) is 0 Å². The quantitative estimate of drug-likeness (QED) is 0.0612. The van der Waals surface area contributed by atoms with E-state index in [0.717, 1.165) is 116 Å². The molecule has 0 aromatic carbocycles. The van der Waals surface area contributed by atoms with Crippen LogP contribution in [0.4, 0.5) is 0 Å². The van der Waals surface area contributed by atoms with Gasteiger partial charge in [0.05, 0.1) is 12.2 Å². The summed E-state index contributed by atoms with van der Waals surface area (Å²) in [5.74, 6) is -1.88. The Labute approximate surface area is 275 Å². The van der Waals surface area contributed by atoms with Gasteiger partial charge in [-0.2, -0.15) is 0 Å². The molecule has 6 nitrogen and oxygen atoms in total. The number of aliphatic hydroxyl groups excluding tert-OH is 2. The van der Waals surface area contributed by atoms with Crippen LogP contribution in [-0.4, -0.2) is 34.4 Å². The zero-order chi connectivity index (χ0) is 31.5. The molecular weight excluding hydrogens is 587 g/mol. The van der Waals surface area contributed by atoms with Crippen LogP contribution >= 0.6 is 0 Å². The van der Waals surface area contributed by atoms with Crippen LogP contribution in [0.3, 0.4) is 0 Å². The maximum Gasteiger partial charge on any atom is 2.00 e. The molecule has 2 atom stereocenters. The molecule has 255 valence electrons. The van der Waals surface area contributed by atoms with Gasteiger partial charge in [0.1, 0.15) is 0 Å². The first-order valence-corrected chi connectivity index (χ1v) is 17.4. The predicted octanol–water partition coefficient (Wildman–Crippen LogP) is 7.49. The Morgan fingerprint density at radius 1 is 0.512 bits per heavy atom. The number of aliphatic hydroxyl groups is 2. The first-order valence-electron chi connectivity index (χ1n) is 17.4. The maximum atomic E-state index is 10.2. The topological polar surface area (TPSA) is 121 Å². The average molecular weight is 654 g/mol. The number of unbranched alkanes of at least 4 members (excludes halogenated alkanes) is 16. The summed E-state index contributed by atoms with van der Waals surface area (Å²) in [5.41, 5.74) is 0. The van der Waals surface area contributed by atoms with Gasteiger partial charge in [0.2, 0.25) is 0 Å². The first-order chi connectivity index (χ1) is 20.3. The van der Waals surface area contributed by atoms with Gasteiger partial charge in [-0.25, -0.2) is 0 Å². The van der Waals surface area contributed by atoms with Gasteiger partial charge in [0, 0.05) is 11.9 Å². The molecular formula is C36H66CoO6. The molecule has 0 saturated heterocycles. The molecule has 0 aliphatic heterocycles. The van der Waals surface area contributed by atoms with Gasteiger partial charge in [-0.15, -0.1) is 0 Å². The molecule has 1 radical (unpaired) electrons. The second-order valence-corrected chi connectivity index (χ2v) is 11.8. The molecule has 0 fully saturated rings. The van der Waals surface area contributed by atoms with Crippen LogP contribution in [-0.2, 0) is 26.4 Å². The van der Waals surface area contributed by atoms with E-state index >= 15 is 0 Å². The van der Waals surface area contributed by atoms with Gasteiger partial charge in [0.15, 0.2) is 0 Å². The minimum atomic E-state index is -0.939. The van der Waals surface area contributed by atoms with Crippen molar-refractivity contribution in [2.24, 2.45) is 0 Å². The molecule has 0 rings (SSSR count). The third-order valence-corrected chi connectivity index (χ3v) is 7.43. The van der Waals surface area contributed by atoms with Crippen molar-refractivity contribution >= 4 is 11.9 Å². The van der Waals surface area contributed by atoms with Gasteiger partial charge in [-0.1, -0.05) is 128 Å². The zero-order valence-corrected chi connectivity index (χ0v) is 28.8. The maximum absolute atomic E-state index is 10.2. The van der Waals surface area contributed by atoms with Gasteiger partial charge in [-0.3, -0.25) is 0 Å². The fourth-order valence-electron chi connectivity index (χ4n) is 4.72. The van der Waals surface area contributed by atoms with Crippen molar-refractivity contribution in [3.8, 4) is 0 Å². The van der Waals surface area contributed by atoms with E-state index in [1.165, 1.54) is 38.5 Å². The average Bonchev–Trinajstić information content (AvgIpc) is 2.95. The number of aliphatic carboxylic acids is 2. The summed E-state index contributed by atoms with van der Waals surface area (Å²) in [7, 11) is 0. The number of carbonyl (C=O) groups is 2. The largest absolute Gasteiger partial charge is 2.00 e. The molecule has 0 saturated carbocycles. The van der Waals surface area contributed by atoms with Crippen LogP contribution in [0.15, 0.2) is 24.3 Å². The Bertz CT molecular complexity index is 583. The molecule has 0 unspecified atom stereocenters. The monoisotopic (exact) mass is 653 g/mol. The van der Waals surface area contributed by atoms with E-state index in [9.17, 15) is 30.0 Å². The fraction of sp³-hybridized carbons (Fsp3) is 0.833. The number of rotatable bonds is 30. The van der Waals surface area contributed by atoms with E-state index < -0.39 is 11.9 Å². The molecule has 0 amide bonds. The summed E-state index contributed by atoms with van der Waals surface area (Å²) in [6, 6.07) is 0. The van der Waals surface area contributed by atoms with Gasteiger partial charge in [0.25, 0.3) is 0 Å². The van der Waals surface area contributed by atoms with Crippen LogP contribution in [0.5, 0.6) is 0 Å². The molecule has 0 heterocycles. The van der Waals surface area contributed by atoms with E-state index in [1.54, 1.807) is 0 Å². The Balaban J connectivity index is -0.000000727. The van der Waals surface area contributed by atoms with Crippen molar-refractivity contribution in [3.05, 3.63) is 24.3 Å². The fourth-order valence-corrected chi connectivity index (χ4v) is 4.72. The van der Waals surface area contributed by atoms with E-state index in [-0.39, 0.29) is 41.8 Å². The molecule has 0 aromatic rings. The normalized spacial score (nSPS) is 12.6. The van der Waals surface area contributed by atoms with Crippen molar-refractivity contribution < 1.29 is 46.8 Å². The Morgan fingerprint density at radius 3 is 1.19 bits per heavy atom. The summed E-state index contributed by atoms with van der Waals surface area (Å²) < 4.78 is 0. The molecule has 43 heavy (non-hydrogen) atoms. The Kier molecular flexibility index (Phi) is 41.8. The van der Waals surface area contributed by atoms with Crippen molar-refractivity contribution in [1.29, 1.82) is 0 Å². The number of hydrogen-bond donors (Lipinski definition) is 2. The minimum Gasteiger partial charge on any atom is -0.550 e. The standard InChI is InChI=1S/2C18H34O3.Co/c2*1-2-3-4-11-14-17(19)15-12-9-7-5-6-8-10-13-16-18(20)21;/h2*9,12,17,19H,2-8,10-11,13-16H2,1H3,(H,20,21);/q;;+2/p-2/b2*12-9-;/t2*17-;/m11./s1. The zero-order valence-electron chi connectivity index (χ0n) is 27.7. The third kappa shape index (κ3) is 45.4.